The monoisotopic (exact) mass is 308 g/mol. The van der Waals surface area contributed by atoms with E-state index in [4.69, 9.17) is 16.3 Å². The molecular weight excluding hydrogens is 284 g/mol. The van der Waals surface area contributed by atoms with E-state index in [1.54, 1.807) is 0 Å². The molecule has 1 saturated carbocycles. The maximum absolute atomic E-state index is 6.46. The molecule has 1 unspecified atom stereocenters. The molecule has 1 aromatic carbocycles. The zero-order chi connectivity index (χ0) is 15.0. The molecule has 0 bridgehead atoms. The van der Waals surface area contributed by atoms with Gasteiger partial charge in [-0.2, -0.15) is 0 Å². The molecule has 1 aliphatic heterocycles. The number of hydrogen-bond acceptors (Lipinski definition) is 3. The van der Waals surface area contributed by atoms with Crippen molar-refractivity contribution in [3.05, 3.63) is 28.8 Å². The number of hydrogen-bond donors (Lipinski definition) is 1. The van der Waals surface area contributed by atoms with Crippen molar-refractivity contribution in [1.82, 2.24) is 5.32 Å². The molecule has 0 radical (unpaired) electrons. The first-order valence-corrected chi connectivity index (χ1v) is 8.26. The van der Waals surface area contributed by atoms with Crippen molar-refractivity contribution in [3.8, 4) is 0 Å². The van der Waals surface area contributed by atoms with Crippen LogP contribution in [0.15, 0.2) is 18.2 Å². The lowest BCUT2D eigenvalue weighted by molar-refractivity contribution is -0.0750. The molecule has 4 heteroatoms. The van der Waals surface area contributed by atoms with Gasteiger partial charge in [0, 0.05) is 41.9 Å². The number of ether oxygens (including phenoxy) is 1. The summed E-state index contributed by atoms with van der Waals surface area (Å²) < 4.78 is 6.01. The summed E-state index contributed by atoms with van der Waals surface area (Å²) in [6, 6.07) is 6.91. The van der Waals surface area contributed by atoms with E-state index in [9.17, 15) is 0 Å². The van der Waals surface area contributed by atoms with Gasteiger partial charge in [0.1, 0.15) is 0 Å². The van der Waals surface area contributed by atoms with Gasteiger partial charge in [0.05, 0.1) is 11.7 Å². The van der Waals surface area contributed by atoms with E-state index in [0.29, 0.717) is 6.04 Å². The number of nitrogens with one attached hydrogen (secondary N) is 1. The normalized spacial score (nSPS) is 25.1. The lowest BCUT2D eigenvalue weighted by atomic mass is 10.0. The third kappa shape index (κ3) is 3.71. The van der Waals surface area contributed by atoms with Crippen LogP contribution in [0.3, 0.4) is 0 Å². The van der Waals surface area contributed by atoms with Gasteiger partial charge in [-0.05, 0) is 45.7 Å². The van der Waals surface area contributed by atoms with Crippen molar-refractivity contribution in [3.63, 3.8) is 0 Å². The molecule has 1 N–H and O–H groups in total. The van der Waals surface area contributed by atoms with Crippen molar-refractivity contribution in [2.75, 3.05) is 18.0 Å². The summed E-state index contributed by atoms with van der Waals surface area (Å²) in [4.78, 5) is 2.42. The quantitative estimate of drug-likeness (QED) is 0.920. The first-order chi connectivity index (χ1) is 9.94. The van der Waals surface area contributed by atoms with Crippen LogP contribution in [-0.4, -0.2) is 30.8 Å². The summed E-state index contributed by atoms with van der Waals surface area (Å²) in [6.07, 6.45) is 2.82. The average Bonchev–Trinajstić information content (AvgIpc) is 3.18. The first-order valence-electron chi connectivity index (χ1n) is 7.88. The largest absolute Gasteiger partial charge is 0.369 e. The van der Waals surface area contributed by atoms with Crippen molar-refractivity contribution in [2.24, 2.45) is 0 Å². The fourth-order valence-corrected chi connectivity index (χ4v) is 3.43. The molecule has 0 aromatic heterocycles. The Bertz CT molecular complexity index is 514. The smallest absolute Gasteiger partial charge is 0.0805 e. The van der Waals surface area contributed by atoms with Gasteiger partial charge in [0.15, 0.2) is 0 Å². The molecule has 1 aliphatic carbocycles. The third-order valence-electron chi connectivity index (χ3n) is 4.15. The minimum atomic E-state index is -0.124. The molecule has 1 heterocycles. The van der Waals surface area contributed by atoms with Crippen LogP contribution in [-0.2, 0) is 11.3 Å². The van der Waals surface area contributed by atoms with Gasteiger partial charge < -0.3 is 15.0 Å². The van der Waals surface area contributed by atoms with Gasteiger partial charge in [-0.3, -0.25) is 0 Å². The predicted molar refractivity (Wildman–Crippen MR) is 88.2 cm³/mol. The Labute approximate surface area is 132 Å². The van der Waals surface area contributed by atoms with Crippen LogP contribution in [0.1, 0.15) is 39.2 Å². The molecule has 0 amide bonds. The summed E-state index contributed by atoms with van der Waals surface area (Å²) in [5, 5.41) is 4.44. The van der Waals surface area contributed by atoms with Crippen LogP contribution in [0.4, 0.5) is 5.69 Å². The highest BCUT2D eigenvalue weighted by atomic mass is 35.5. The summed E-state index contributed by atoms with van der Waals surface area (Å²) >= 11 is 6.46. The molecule has 1 saturated heterocycles. The van der Waals surface area contributed by atoms with E-state index in [0.717, 1.165) is 24.7 Å². The van der Waals surface area contributed by atoms with Crippen LogP contribution in [0, 0.1) is 0 Å². The maximum atomic E-state index is 6.46. The van der Waals surface area contributed by atoms with Crippen LogP contribution in [0.5, 0.6) is 0 Å². The zero-order valence-electron chi connectivity index (χ0n) is 13.2. The minimum Gasteiger partial charge on any atom is -0.369 e. The molecular formula is C17H25ClN2O. The fraction of sp³-hybridized carbons (Fsp3) is 0.647. The predicted octanol–water partition coefficient (Wildman–Crippen LogP) is 3.60. The molecule has 3 rings (SSSR count). The van der Waals surface area contributed by atoms with Crippen LogP contribution in [0.2, 0.25) is 5.02 Å². The molecule has 0 spiro atoms. The SMILES string of the molecule is CC1CN(c2cccc(Cl)c2CNC2CC2)CC(C)(C)O1. The van der Waals surface area contributed by atoms with E-state index in [2.05, 4.69) is 37.1 Å². The lowest BCUT2D eigenvalue weighted by Gasteiger charge is -2.43. The molecule has 1 aromatic rings. The Morgan fingerprint density at radius 2 is 2.14 bits per heavy atom. The van der Waals surface area contributed by atoms with Crippen molar-refractivity contribution in [2.45, 2.75) is 57.9 Å². The lowest BCUT2D eigenvalue weighted by Crippen LogP contribution is -2.52. The van der Waals surface area contributed by atoms with Crippen LogP contribution in [0.25, 0.3) is 0 Å². The maximum Gasteiger partial charge on any atom is 0.0805 e. The number of halogens is 1. The number of nitrogens with zero attached hydrogens (tertiary/aromatic N) is 1. The van der Waals surface area contributed by atoms with Crippen LogP contribution < -0.4 is 10.2 Å². The highest BCUT2D eigenvalue weighted by Crippen LogP contribution is 2.32. The summed E-state index contributed by atoms with van der Waals surface area (Å²) in [5.41, 5.74) is 2.34. The van der Waals surface area contributed by atoms with Crippen molar-refractivity contribution >= 4 is 17.3 Å². The molecule has 21 heavy (non-hydrogen) atoms. The Hall–Kier alpha value is -0.770. The van der Waals surface area contributed by atoms with Crippen LogP contribution >= 0.6 is 11.6 Å². The molecule has 1 atom stereocenters. The van der Waals surface area contributed by atoms with E-state index in [1.165, 1.54) is 24.1 Å². The number of anilines is 1. The van der Waals surface area contributed by atoms with Gasteiger partial charge in [0.2, 0.25) is 0 Å². The van der Waals surface area contributed by atoms with E-state index >= 15 is 0 Å². The fourth-order valence-electron chi connectivity index (χ4n) is 3.19. The van der Waals surface area contributed by atoms with Gasteiger partial charge in [-0.1, -0.05) is 17.7 Å². The Morgan fingerprint density at radius 3 is 2.81 bits per heavy atom. The molecule has 116 valence electrons. The highest BCUT2D eigenvalue weighted by molar-refractivity contribution is 6.31. The van der Waals surface area contributed by atoms with E-state index in [1.807, 2.05) is 12.1 Å². The molecule has 2 aliphatic rings. The second kappa shape index (κ2) is 5.79. The Balaban J connectivity index is 1.84. The second-order valence-corrected chi connectivity index (χ2v) is 7.37. The van der Waals surface area contributed by atoms with E-state index < -0.39 is 0 Å². The highest BCUT2D eigenvalue weighted by Gasteiger charge is 2.32. The van der Waals surface area contributed by atoms with Gasteiger partial charge in [-0.25, -0.2) is 0 Å². The van der Waals surface area contributed by atoms with Crippen molar-refractivity contribution < 1.29 is 4.74 Å². The second-order valence-electron chi connectivity index (χ2n) is 6.96. The number of morpholine rings is 1. The molecule has 2 fully saturated rings. The van der Waals surface area contributed by atoms with Crippen molar-refractivity contribution in [1.29, 1.82) is 0 Å². The topological polar surface area (TPSA) is 24.5 Å². The van der Waals surface area contributed by atoms with Gasteiger partial charge in [-0.15, -0.1) is 0 Å². The minimum absolute atomic E-state index is 0.124. The average molecular weight is 309 g/mol. The summed E-state index contributed by atoms with van der Waals surface area (Å²) in [6.45, 7) is 9.12. The van der Waals surface area contributed by atoms with E-state index in [-0.39, 0.29) is 11.7 Å². The third-order valence-corrected chi connectivity index (χ3v) is 4.50. The summed E-state index contributed by atoms with van der Waals surface area (Å²) in [5.74, 6) is 0. The Kier molecular flexibility index (Phi) is 4.17. The molecule has 3 nitrogen and oxygen atoms in total. The zero-order valence-corrected chi connectivity index (χ0v) is 13.9. The number of benzene rings is 1. The standard InChI is InChI=1S/C17H25ClN2O/c1-12-10-20(11-17(2,3)21-12)16-6-4-5-15(18)14(16)9-19-13-7-8-13/h4-6,12-13,19H,7-11H2,1-3H3. The van der Waals surface area contributed by atoms with Gasteiger partial charge in [0.25, 0.3) is 0 Å². The Morgan fingerprint density at radius 1 is 1.38 bits per heavy atom. The number of rotatable bonds is 4. The van der Waals surface area contributed by atoms with Gasteiger partial charge >= 0.3 is 0 Å². The first kappa shape index (κ1) is 15.1. The summed E-state index contributed by atoms with van der Waals surface area (Å²) in [7, 11) is 0.